The third-order valence-electron chi connectivity index (χ3n) is 4.14. The van der Waals surface area contributed by atoms with Crippen LogP contribution in [0, 0.1) is 0 Å². The van der Waals surface area contributed by atoms with Gasteiger partial charge in [0.15, 0.2) is 11.8 Å². The molecule has 3 aromatic rings. The van der Waals surface area contributed by atoms with E-state index in [-0.39, 0.29) is 17.5 Å². The number of hydrogen-bond donors (Lipinski definition) is 3. The summed E-state index contributed by atoms with van der Waals surface area (Å²) in [6.07, 6.45) is 3.49. The van der Waals surface area contributed by atoms with Gasteiger partial charge in [0, 0.05) is 36.6 Å². The zero-order valence-electron chi connectivity index (χ0n) is 15.6. The largest absolute Gasteiger partial charge is 0.454 e. The Morgan fingerprint density at radius 3 is 2.76 bits per heavy atom. The average molecular weight is 415 g/mol. The van der Waals surface area contributed by atoms with Crippen LogP contribution >= 0.6 is 11.6 Å². The zero-order chi connectivity index (χ0) is 20.8. The summed E-state index contributed by atoms with van der Waals surface area (Å²) >= 11 is 5.88. The molecule has 8 nitrogen and oxygen atoms in total. The molecule has 1 aromatic carbocycles. The SMILES string of the molecule is CC(=O)NC(Cc1c[nH]c2ccccc12)C(=O)OCC(=O)Nc1cccnc1Cl. The van der Waals surface area contributed by atoms with Crippen molar-refractivity contribution in [2.75, 3.05) is 11.9 Å². The molecule has 0 saturated heterocycles. The van der Waals surface area contributed by atoms with Gasteiger partial charge in [-0.1, -0.05) is 29.8 Å². The first kappa shape index (κ1) is 20.3. The second-order valence-corrected chi connectivity index (χ2v) is 6.67. The Morgan fingerprint density at radius 1 is 1.21 bits per heavy atom. The minimum atomic E-state index is -0.929. The number of benzene rings is 1. The maximum atomic E-state index is 12.5. The Morgan fingerprint density at radius 2 is 2.00 bits per heavy atom. The van der Waals surface area contributed by atoms with E-state index in [0.717, 1.165) is 16.5 Å². The van der Waals surface area contributed by atoms with Crippen molar-refractivity contribution in [1.82, 2.24) is 15.3 Å². The molecule has 3 N–H and O–H groups in total. The third kappa shape index (κ3) is 5.32. The summed E-state index contributed by atoms with van der Waals surface area (Å²) in [7, 11) is 0. The third-order valence-corrected chi connectivity index (χ3v) is 4.44. The van der Waals surface area contributed by atoms with Crippen LogP contribution in [0.4, 0.5) is 5.69 Å². The Kier molecular flexibility index (Phi) is 6.46. The molecule has 9 heteroatoms. The number of fused-ring (bicyclic) bond motifs is 1. The molecule has 1 atom stereocenters. The summed E-state index contributed by atoms with van der Waals surface area (Å²) < 4.78 is 5.10. The maximum Gasteiger partial charge on any atom is 0.329 e. The van der Waals surface area contributed by atoms with E-state index in [9.17, 15) is 14.4 Å². The molecule has 0 fully saturated rings. The molecule has 29 heavy (non-hydrogen) atoms. The van der Waals surface area contributed by atoms with E-state index in [0.29, 0.717) is 5.69 Å². The van der Waals surface area contributed by atoms with Crippen LogP contribution in [-0.2, 0) is 25.5 Å². The van der Waals surface area contributed by atoms with Gasteiger partial charge in [0.05, 0.1) is 5.69 Å². The summed E-state index contributed by atoms with van der Waals surface area (Å²) in [4.78, 5) is 43.0. The van der Waals surface area contributed by atoms with Gasteiger partial charge >= 0.3 is 5.97 Å². The Hall–Kier alpha value is -3.39. The molecule has 2 aromatic heterocycles. The number of halogens is 1. The van der Waals surface area contributed by atoms with Crippen molar-refractivity contribution in [1.29, 1.82) is 0 Å². The molecule has 0 saturated carbocycles. The summed E-state index contributed by atoms with van der Waals surface area (Å²) in [5.41, 5.74) is 2.08. The standard InChI is InChI=1S/C20H19ClN4O4/c1-12(26)24-17(9-13-10-23-15-6-3-2-5-14(13)15)20(28)29-11-18(27)25-16-7-4-8-22-19(16)21/h2-8,10,17,23H,9,11H2,1H3,(H,24,26)(H,25,27). The fraction of sp³-hybridized carbons (Fsp3) is 0.200. The summed E-state index contributed by atoms with van der Waals surface area (Å²) in [6, 6.07) is 9.88. The summed E-state index contributed by atoms with van der Waals surface area (Å²) in [5, 5.41) is 6.16. The van der Waals surface area contributed by atoms with Crippen LogP contribution in [0.1, 0.15) is 12.5 Å². The van der Waals surface area contributed by atoms with Crippen molar-refractivity contribution in [3.05, 3.63) is 59.5 Å². The highest BCUT2D eigenvalue weighted by molar-refractivity contribution is 6.32. The van der Waals surface area contributed by atoms with Crippen LogP contribution in [-0.4, -0.2) is 40.4 Å². The molecule has 0 aliphatic heterocycles. The number of aromatic nitrogens is 2. The Bertz CT molecular complexity index is 1050. The number of esters is 1. The first-order chi connectivity index (χ1) is 13.9. The molecule has 0 spiro atoms. The number of nitrogens with one attached hydrogen (secondary N) is 3. The number of H-pyrrole nitrogens is 1. The van der Waals surface area contributed by atoms with E-state index in [2.05, 4.69) is 20.6 Å². The lowest BCUT2D eigenvalue weighted by Crippen LogP contribution is -2.43. The topological polar surface area (TPSA) is 113 Å². The quantitative estimate of drug-likeness (QED) is 0.406. The summed E-state index contributed by atoms with van der Waals surface area (Å²) in [6.45, 7) is 0.792. The fourth-order valence-corrected chi connectivity index (χ4v) is 3.03. The molecule has 2 amide bonds. The van der Waals surface area contributed by atoms with Gasteiger partial charge in [-0.25, -0.2) is 9.78 Å². The maximum absolute atomic E-state index is 12.5. The number of ether oxygens (including phenoxy) is 1. The number of pyridine rings is 1. The molecular weight excluding hydrogens is 396 g/mol. The first-order valence-electron chi connectivity index (χ1n) is 8.83. The summed E-state index contributed by atoms with van der Waals surface area (Å²) in [5.74, 6) is -1.65. The van der Waals surface area contributed by atoms with Crippen LogP contribution in [0.25, 0.3) is 10.9 Å². The minimum Gasteiger partial charge on any atom is -0.454 e. The molecule has 0 aliphatic carbocycles. The number of nitrogens with zero attached hydrogens (tertiary/aromatic N) is 1. The van der Waals surface area contributed by atoms with E-state index < -0.39 is 24.5 Å². The number of rotatable bonds is 7. The van der Waals surface area contributed by atoms with Crippen LogP contribution in [0.5, 0.6) is 0 Å². The van der Waals surface area contributed by atoms with E-state index in [1.54, 1.807) is 18.3 Å². The highest BCUT2D eigenvalue weighted by Gasteiger charge is 2.24. The van der Waals surface area contributed by atoms with Crippen molar-refractivity contribution >= 4 is 46.0 Å². The van der Waals surface area contributed by atoms with E-state index in [4.69, 9.17) is 16.3 Å². The number of amides is 2. The first-order valence-corrected chi connectivity index (χ1v) is 9.21. The predicted octanol–water partition coefficient (Wildman–Crippen LogP) is 2.45. The van der Waals surface area contributed by atoms with Crippen LogP contribution < -0.4 is 10.6 Å². The normalized spacial score (nSPS) is 11.7. The van der Waals surface area contributed by atoms with Crippen LogP contribution in [0.15, 0.2) is 48.8 Å². The van der Waals surface area contributed by atoms with Gasteiger partial charge in [-0.3, -0.25) is 9.59 Å². The lowest BCUT2D eigenvalue weighted by atomic mass is 10.0. The molecule has 0 aliphatic rings. The number of carbonyl (C=O) groups excluding carboxylic acids is 3. The van der Waals surface area contributed by atoms with Crippen LogP contribution in [0.3, 0.4) is 0 Å². The monoisotopic (exact) mass is 414 g/mol. The second kappa shape index (κ2) is 9.20. The number of carbonyl (C=O) groups is 3. The van der Waals surface area contributed by atoms with Crippen molar-refractivity contribution in [3.63, 3.8) is 0 Å². The highest BCUT2D eigenvalue weighted by Crippen LogP contribution is 2.20. The second-order valence-electron chi connectivity index (χ2n) is 6.31. The van der Waals surface area contributed by atoms with Crippen LogP contribution in [0.2, 0.25) is 5.15 Å². The molecular formula is C20H19ClN4O4. The number of aromatic amines is 1. The average Bonchev–Trinajstić information content (AvgIpc) is 3.10. The lowest BCUT2D eigenvalue weighted by Gasteiger charge is -2.16. The zero-order valence-corrected chi connectivity index (χ0v) is 16.3. The molecule has 150 valence electrons. The van der Waals surface area contributed by atoms with Gasteiger partial charge in [-0.05, 0) is 23.8 Å². The Balaban J connectivity index is 1.64. The molecule has 0 bridgehead atoms. The Labute approximate surface area is 171 Å². The van der Waals surface area contributed by atoms with E-state index in [1.807, 2.05) is 24.3 Å². The van der Waals surface area contributed by atoms with Gasteiger partial charge in [-0.15, -0.1) is 0 Å². The fourth-order valence-electron chi connectivity index (χ4n) is 2.86. The number of anilines is 1. The van der Waals surface area contributed by atoms with E-state index >= 15 is 0 Å². The van der Waals surface area contributed by atoms with Crippen molar-refractivity contribution < 1.29 is 19.1 Å². The molecule has 2 heterocycles. The van der Waals surface area contributed by atoms with Crippen molar-refractivity contribution in [2.45, 2.75) is 19.4 Å². The van der Waals surface area contributed by atoms with E-state index in [1.165, 1.54) is 13.1 Å². The lowest BCUT2D eigenvalue weighted by molar-refractivity contribution is -0.150. The molecule has 3 rings (SSSR count). The smallest absolute Gasteiger partial charge is 0.329 e. The number of hydrogen-bond acceptors (Lipinski definition) is 5. The highest BCUT2D eigenvalue weighted by atomic mass is 35.5. The van der Waals surface area contributed by atoms with Gasteiger partial charge < -0.3 is 20.4 Å². The van der Waals surface area contributed by atoms with Gasteiger partial charge in [-0.2, -0.15) is 0 Å². The van der Waals surface area contributed by atoms with Gasteiger partial charge in [0.1, 0.15) is 6.04 Å². The molecule has 1 unspecified atom stereocenters. The predicted molar refractivity (Wildman–Crippen MR) is 108 cm³/mol. The van der Waals surface area contributed by atoms with Gasteiger partial charge in [0.25, 0.3) is 5.91 Å². The van der Waals surface area contributed by atoms with Gasteiger partial charge in [0.2, 0.25) is 5.91 Å². The van der Waals surface area contributed by atoms with Crippen molar-refractivity contribution in [2.24, 2.45) is 0 Å². The minimum absolute atomic E-state index is 0.127. The van der Waals surface area contributed by atoms with Crippen molar-refractivity contribution in [3.8, 4) is 0 Å². The molecule has 0 radical (unpaired) electrons. The number of para-hydroxylation sites is 1.